The van der Waals surface area contributed by atoms with Crippen molar-refractivity contribution in [3.8, 4) is 0 Å². The fraction of sp³-hybridized carbons (Fsp3) is 0.214. The lowest BCUT2D eigenvalue weighted by Crippen LogP contribution is -2.36. The minimum absolute atomic E-state index is 0.0553. The molecule has 1 amide bonds. The van der Waals surface area contributed by atoms with Crippen molar-refractivity contribution in [2.24, 2.45) is 0 Å². The average Bonchev–Trinajstić information content (AvgIpc) is 3.01. The van der Waals surface area contributed by atoms with Crippen LogP contribution in [0.15, 0.2) is 30.2 Å². The second-order valence-electron chi connectivity index (χ2n) is 4.64. The van der Waals surface area contributed by atoms with Crippen molar-refractivity contribution in [1.29, 1.82) is 0 Å². The first-order valence-corrected chi connectivity index (χ1v) is 8.20. The highest BCUT2D eigenvalue weighted by Gasteiger charge is 2.31. The van der Waals surface area contributed by atoms with Gasteiger partial charge >= 0.3 is 0 Å². The zero-order chi connectivity index (χ0) is 14.3. The summed E-state index contributed by atoms with van der Waals surface area (Å²) in [5.41, 5.74) is 8.02. The molecule has 0 saturated heterocycles. The van der Waals surface area contributed by atoms with Gasteiger partial charge in [0.15, 0.2) is 0 Å². The number of fused-ring (bicyclic) bond motifs is 1. The topological polar surface area (TPSA) is 46.3 Å². The van der Waals surface area contributed by atoms with Gasteiger partial charge in [0.05, 0.1) is 10.9 Å². The summed E-state index contributed by atoms with van der Waals surface area (Å²) in [6.07, 6.45) is 1.36. The van der Waals surface area contributed by atoms with Crippen LogP contribution in [0.1, 0.15) is 21.2 Å². The van der Waals surface area contributed by atoms with Crippen LogP contribution >= 0.6 is 34.3 Å². The Balaban J connectivity index is 2.06. The van der Waals surface area contributed by atoms with Gasteiger partial charge in [0, 0.05) is 27.9 Å². The molecule has 3 rings (SSSR count). The molecule has 0 bridgehead atoms. The van der Waals surface area contributed by atoms with Crippen LogP contribution in [0.2, 0.25) is 4.34 Å². The summed E-state index contributed by atoms with van der Waals surface area (Å²) in [5.74, 6) is 0.0479. The lowest BCUT2D eigenvalue weighted by Gasteiger charge is -2.32. The number of carbonyl (C=O) groups is 1. The predicted octanol–water partition coefficient (Wildman–Crippen LogP) is 3.71. The highest BCUT2D eigenvalue weighted by atomic mass is 35.5. The smallest absolute Gasteiger partial charge is 0.246 e. The monoisotopic (exact) mass is 324 g/mol. The number of hydrogen-bond acceptors (Lipinski definition) is 4. The van der Waals surface area contributed by atoms with Gasteiger partial charge in [0.25, 0.3) is 0 Å². The Bertz CT molecular complexity index is 677. The predicted molar refractivity (Wildman–Crippen MR) is 85.5 cm³/mol. The van der Waals surface area contributed by atoms with Gasteiger partial charge in [-0.1, -0.05) is 18.2 Å². The molecule has 6 heteroatoms. The number of carbonyl (C=O) groups excluding carboxylic acids is 1. The van der Waals surface area contributed by atoms with Crippen molar-refractivity contribution >= 4 is 45.9 Å². The maximum Gasteiger partial charge on any atom is 0.246 e. The molecule has 3 nitrogen and oxygen atoms in total. The zero-order valence-electron chi connectivity index (χ0n) is 10.6. The van der Waals surface area contributed by atoms with Gasteiger partial charge in [-0.3, -0.25) is 4.79 Å². The van der Waals surface area contributed by atoms with E-state index in [1.807, 2.05) is 17.5 Å². The van der Waals surface area contributed by atoms with Crippen LogP contribution < -0.4 is 5.73 Å². The standard InChI is InChI=1S/C14H13ClN2OS2/c1-2-13(18)17-6-9(14-10(16)3-4-19-14)8-5-12(15)20-11(8)7-17/h2-5,9H,1,6-7,16H2/t9-/m0/s1. The Morgan fingerprint density at radius 1 is 1.60 bits per heavy atom. The van der Waals surface area contributed by atoms with Crippen molar-refractivity contribution < 1.29 is 4.79 Å². The molecule has 0 unspecified atom stereocenters. The molecule has 1 aliphatic rings. The van der Waals surface area contributed by atoms with Crippen LogP contribution in [0.4, 0.5) is 5.69 Å². The first-order chi connectivity index (χ1) is 9.60. The Hall–Kier alpha value is -1.30. The van der Waals surface area contributed by atoms with Gasteiger partial charge in [0.2, 0.25) is 5.91 Å². The lowest BCUT2D eigenvalue weighted by molar-refractivity contribution is -0.127. The largest absolute Gasteiger partial charge is 0.398 e. The third-order valence-electron chi connectivity index (χ3n) is 3.45. The molecule has 104 valence electrons. The highest BCUT2D eigenvalue weighted by Crippen LogP contribution is 2.43. The summed E-state index contributed by atoms with van der Waals surface area (Å²) in [6.45, 7) is 4.78. The van der Waals surface area contributed by atoms with E-state index in [4.69, 9.17) is 17.3 Å². The Kier molecular flexibility index (Phi) is 3.58. The number of nitrogens with two attached hydrogens (primary N) is 1. The van der Waals surface area contributed by atoms with E-state index in [2.05, 4.69) is 6.58 Å². The third kappa shape index (κ3) is 2.26. The van der Waals surface area contributed by atoms with Crippen LogP contribution in [0.25, 0.3) is 0 Å². The number of nitrogen functional groups attached to an aromatic ring is 1. The van der Waals surface area contributed by atoms with Gasteiger partial charge in [0.1, 0.15) is 0 Å². The second-order valence-corrected chi connectivity index (χ2v) is 7.36. The van der Waals surface area contributed by atoms with E-state index in [0.29, 0.717) is 13.1 Å². The highest BCUT2D eigenvalue weighted by molar-refractivity contribution is 7.16. The quantitative estimate of drug-likeness (QED) is 0.856. The Morgan fingerprint density at radius 2 is 2.40 bits per heavy atom. The minimum Gasteiger partial charge on any atom is -0.398 e. The van der Waals surface area contributed by atoms with Crippen molar-refractivity contribution in [3.63, 3.8) is 0 Å². The normalized spacial score (nSPS) is 17.9. The fourth-order valence-corrected chi connectivity index (χ4v) is 4.81. The molecule has 0 spiro atoms. The fourth-order valence-electron chi connectivity index (χ4n) is 2.52. The molecule has 1 atom stereocenters. The Morgan fingerprint density at radius 3 is 3.05 bits per heavy atom. The zero-order valence-corrected chi connectivity index (χ0v) is 13.0. The van der Waals surface area contributed by atoms with Gasteiger partial charge in [-0.25, -0.2) is 0 Å². The molecule has 0 aromatic carbocycles. The molecule has 2 aromatic rings. The van der Waals surface area contributed by atoms with Crippen molar-refractivity contribution in [2.75, 3.05) is 12.3 Å². The van der Waals surface area contributed by atoms with Crippen LogP contribution in [-0.4, -0.2) is 17.4 Å². The van der Waals surface area contributed by atoms with Crippen LogP contribution in [-0.2, 0) is 11.3 Å². The second kappa shape index (κ2) is 5.24. The molecule has 20 heavy (non-hydrogen) atoms. The molecule has 0 radical (unpaired) electrons. The first-order valence-electron chi connectivity index (χ1n) is 6.12. The summed E-state index contributed by atoms with van der Waals surface area (Å²) < 4.78 is 0.753. The van der Waals surface area contributed by atoms with E-state index in [9.17, 15) is 4.79 Å². The summed E-state index contributed by atoms with van der Waals surface area (Å²) in [5, 5.41) is 1.98. The van der Waals surface area contributed by atoms with E-state index in [1.54, 1.807) is 16.2 Å². The number of thiophene rings is 2. The van der Waals surface area contributed by atoms with Crippen molar-refractivity contribution in [3.05, 3.63) is 49.8 Å². The SMILES string of the molecule is C=CC(=O)N1Cc2sc(Cl)cc2[C@@H](c2sccc2N)C1. The number of rotatable bonds is 2. The van der Waals surface area contributed by atoms with E-state index >= 15 is 0 Å². The lowest BCUT2D eigenvalue weighted by atomic mass is 9.93. The number of nitrogens with zero attached hydrogens (tertiary/aromatic N) is 1. The molecular weight excluding hydrogens is 312 g/mol. The summed E-state index contributed by atoms with van der Waals surface area (Å²) in [7, 11) is 0. The van der Waals surface area contributed by atoms with E-state index in [0.717, 1.165) is 19.8 Å². The number of amides is 1. The molecule has 0 aliphatic carbocycles. The molecule has 0 fully saturated rings. The Labute approximate surface area is 130 Å². The van der Waals surface area contributed by atoms with E-state index in [-0.39, 0.29) is 11.8 Å². The van der Waals surface area contributed by atoms with Crippen LogP contribution in [0, 0.1) is 0 Å². The van der Waals surface area contributed by atoms with Gasteiger partial charge < -0.3 is 10.6 Å². The van der Waals surface area contributed by atoms with Crippen LogP contribution in [0.5, 0.6) is 0 Å². The molecule has 2 N–H and O–H groups in total. The minimum atomic E-state index is -0.0553. The number of hydrogen-bond donors (Lipinski definition) is 1. The summed E-state index contributed by atoms with van der Waals surface area (Å²) in [6, 6.07) is 3.91. The van der Waals surface area contributed by atoms with E-state index < -0.39 is 0 Å². The molecular formula is C14H13ClN2OS2. The molecule has 1 aliphatic heterocycles. The third-order valence-corrected chi connectivity index (χ3v) is 5.77. The molecule has 2 aromatic heterocycles. The molecule has 3 heterocycles. The van der Waals surface area contributed by atoms with Gasteiger partial charge in [-0.2, -0.15) is 0 Å². The summed E-state index contributed by atoms with van der Waals surface area (Å²) in [4.78, 5) is 16.0. The van der Waals surface area contributed by atoms with E-state index in [1.165, 1.54) is 23.0 Å². The maximum absolute atomic E-state index is 11.9. The van der Waals surface area contributed by atoms with Crippen molar-refractivity contribution in [1.82, 2.24) is 4.90 Å². The van der Waals surface area contributed by atoms with Crippen LogP contribution in [0.3, 0.4) is 0 Å². The first kappa shape index (κ1) is 13.7. The van der Waals surface area contributed by atoms with Gasteiger partial charge in [-0.05, 0) is 29.2 Å². The molecule has 0 saturated carbocycles. The average molecular weight is 325 g/mol. The maximum atomic E-state index is 11.9. The number of anilines is 1. The summed E-state index contributed by atoms with van der Waals surface area (Å²) >= 11 is 9.30. The number of halogens is 1. The van der Waals surface area contributed by atoms with Crippen molar-refractivity contribution in [2.45, 2.75) is 12.5 Å². The van der Waals surface area contributed by atoms with Gasteiger partial charge in [-0.15, -0.1) is 22.7 Å².